The summed E-state index contributed by atoms with van der Waals surface area (Å²) >= 11 is 1.66. The molecule has 0 bridgehead atoms. The van der Waals surface area contributed by atoms with E-state index in [2.05, 4.69) is 22.5 Å². The Morgan fingerprint density at radius 1 is 1.50 bits per heavy atom. The average Bonchev–Trinajstić information content (AvgIpc) is 2.49. The molecule has 1 heterocycles. The van der Waals surface area contributed by atoms with Crippen LogP contribution in [0.3, 0.4) is 0 Å². The number of carbonyl (C=O) groups excluding carboxylic acids is 1. The minimum atomic E-state index is 0.0574. The molecule has 1 aliphatic rings. The van der Waals surface area contributed by atoms with E-state index < -0.39 is 0 Å². The van der Waals surface area contributed by atoms with E-state index in [1.54, 1.807) is 18.0 Å². The second-order valence-corrected chi connectivity index (χ2v) is 5.90. The summed E-state index contributed by atoms with van der Waals surface area (Å²) in [4.78, 5) is 16.3. The number of pyridine rings is 1. The van der Waals surface area contributed by atoms with Crippen molar-refractivity contribution in [2.24, 2.45) is 5.92 Å². The number of carbonyl (C=O) groups is 1. The summed E-state index contributed by atoms with van der Waals surface area (Å²) in [5.74, 6) is 2.28. The first-order chi connectivity index (χ1) is 9.79. The van der Waals surface area contributed by atoms with Gasteiger partial charge in [-0.25, -0.2) is 4.98 Å². The number of nitrogens with one attached hydrogen (secondary N) is 1. The predicted octanol–water partition coefficient (Wildman–Crippen LogP) is 2.60. The molecule has 2 rings (SSSR count). The van der Waals surface area contributed by atoms with E-state index in [1.165, 1.54) is 0 Å². The molecule has 0 aromatic carbocycles. The monoisotopic (exact) mass is 292 g/mol. The zero-order valence-electron chi connectivity index (χ0n) is 11.4. The number of thioether (sulfide) groups is 1. The summed E-state index contributed by atoms with van der Waals surface area (Å²) in [7, 11) is 0. The molecule has 4 nitrogen and oxygen atoms in total. The molecule has 0 aliphatic heterocycles. The summed E-state index contributed by atoms with van der Waals surface area (Å²) in [6.07, 6.45) is 8.62. The van der Waals surface area contributed by atoms with Gasteiger partial charge in [-0.2, -0.15) is 11.8 Å². The van der Waals surface area contributed by atoms with Crippen molar-refractivity contribution in [1.82, 2.24) is 4.98 Å². The van der Waals surface area contributed by atoms with Gasteiger partial charge in [0, 0.05) is 23.6 Å². The minimum Gasteiger partial charge on any atom is -0.396 e. The Hall–Kier alpha value is -1.33. The van der Waals surface area contributed by atoms with Gasteiger partial charge in [0.2, 0.25) is 5.91 Å². The highest BCUT2D eigenvalue weighted by molar-refractivity contribution is 7.98. The van der Waals surface area contributed by atoms with E-state index in [0.717, 1.165) is 36.3 Å². The van der Waals surface area contributed by atoms with Crippen molar-refractivity contribution < 1.29 is 9.90 Å². The normalized spacial score (nSPS) is 17.9. The molecule has 1 aromatic rings. The number of anilines is 1. The van der Waals surface area contributed by atoms with Crippen LogP contribution in [-0.4, -0.2) is 28.4 Å². The molecule has 0 fully saturated rings. The van der Waals surface area contributed by atoms with Gasteiger partial charge in [0.25, 0.3) is 0 Å². The number of allylic oxidation sites excluding steroid dienone is 2. The van der Waals surface area contributed by atoms with E-state index in [-0.39, 0.29) is 18.4 Å². The molecule has 0 radical (unpaired) electrons. The zero-order chi connectivity index (χ0) is 14.2. The summed E-state index contributed by atoms with van der Waals surface area (Å²) < 4.78 is 0. The van der Waals surface area contributed by atoms with Gasteiger partial charge in [-0.15, -0.1) is 0 Å². The second kappa shape index (κ2) is 8.07. The van der Waals surface area contributed by atoms with Crippen LogP contribution < -0.4 is 5.32 Å². The summed E-state index contributed by atoms with van der Waals surface area (Å²) in [6.45, 7) is 0.189. The maximum absolute atomic E-state index is 12.1. The van der Waals surface area contributed by atoms with Gasteiger partial charge in [0.05, 0.1) is 6.61 Å². The fourth-order valence-corrected chi connectivity index (χ4v) is 2.84. The third-order valence-corrected chi connectivity index (χ3v) is 4.23. The Kier molecular flexibility index (Phi) is 6.08. The van der Waals surface area contributed by atoms with Gasteiger partial charge in [-0.3, -0.25) is 4.79 Å². The fraction of sp³-hybridized carbons (Fsp3) is 0.467. The van der Waals surface area contributed by atoms with Crippen molar-refractivity contribution in [3.05, 3.63) is 36.0 Å². The standard InChI is InChI=1S/C15H20N2O2S/c18-8-9-20-11-12-6-7-16-14(10-12)17-15(19)13-4-2-1-3-5-13/h1-2,6-7,10,13,18H,3-5,8-9,11H2,(H,16,17,19). The number of hydrogen-bond donors (Lipinski definition) is 2. The van der Waals surface area contributed by atoms with Crippen molar-refractivity contribution >= 4 is 23.5 Å². The first kappa shape index (κ1) is 15.1. The number of amides is 1. The van der Waals surface area contributed by atoms with Crippen molar-refractivity contribution in [3.8, 4) is 0 Å². The van der Waals surface area contributed by atoms with Gasteiger partial charge < -0.3 is 10.4 Å². The number of hydrogen-bond acceptors (Lipinski definition) is 4. The first-order valence-corrected chi connectivity index (χ1v) is 8.04. The Bertz CT molecular complexity index is 477. The van der Waals surface area contributed by atoms with Crippen molar-refractivity contribution in [3.63, 3.8) is 0 Å². The van der Waals surface area contributed by atoms with Crippen LogP contribution in [0.15, 0.2) is 30.5 Å². The van der Waals surface area contributed by atoms with Gasteiger partial charge in [0.15, 0.2) is 0 Å². The molecule has 0 saturated heterocycles. The fourth-order valence-electron chi connectivity index (χ4n) is 2.15. The molecule has 0 saturated carbocycles. The summed E-state index contributed by atoms with van der Waals surface area (Å²) in [5, 5.41) is 11.7. The average molecular weight is 292 g/mol. The maximum atomic E-state index is 12.1. The number of aliphatic hydroxyl groups is 1. The number of aromatic nitrogens is 1. The number of aliphatic hydroxyl groups excluding tert-OH is 1. The minimum absolute atomic E-state index is 0.0574. The Labute approximate surface area is 123 Å². The lowest BCUT2D eigenvalue weighted by Gasteiger charge is -2.17. The Morgan fingerprint density at radius 3 is 3.15 bits per heavy atom. The number of rotatable bonds is 6. The van der Waals surface area contributed by atoms with E-state index in [4.69, 9.17) is 5.11 Å². The SMILES string of the molecule is O=C(Nc1cc(CSCCO)ccn1)C1CC=CCC1. The maximum Gasteiger partial charge on any atom is 0.228 e. The smallest absolute Gasteiger partial charge is 0.228 e. The van der Waals surface area contributed by atoms with E-state index in [0.29, 0.717) is 5.82 Å². The lowest BCUT2D eigenvalue weighted by molar-refractivity contribution is -0.120. The van der Waals surface area contributed by atoms with Crippen molar-refractivity contribution in [1.29, 1.82) is 0 Å². The van der Waals surface area contributed by atoms with E-state index in [1.807, 2.05) is 12.1 Å². The molecule has 1 aromatic heterocycles. The predicted molar refractivity (Wildman–Crippen MR) is 82.6 cm³/mol. The molecule has 1 unspecified atom stereocenters. The molecule has 1 aliphatic carbocycles. The highest BCUT2D eigenvalue weighted by atomic mass is 32.2. The van der Waals surface area contributed by atoms with Crippen LogP contribution in [0.5, 0.6) is 0 Å². The lowest BCUT2D eigenvalue weighted by atomic mass is 9.94. The van der Waals surface area contributed by atoms with Crippen LogP contribution in [0.25, 0.3) is 0 Å². The van der Waals surface area contributed by atoms with Crippen LogP contribution in [0.2, 0.25) is 0 Å². The number of nitrogens with zero attached hydrogens (tertiary/aromatic N) is 1. The molecule has 20 heavy (non-hydrogen) atoms. The van der Waals surface area contributed by atoms with Crippen molar-refractivity contribution in [2.45, 2.75) is 25.0 Å². The lowest BCUT2D eigenvalue weighted by Crippen LogP contribution is -2.24. The van der Waals surface area contributed by atoms with Gasteiger partial charge in [-0.05, 0) is 37.0 Å². The molecular formula is C15H20N2O2S. The molecule has 1 amide bonds. The van der Waals surface area contributed by atoms with Crippen LogP contribution in [0.1, 0.15) is 24.8 Å². The van der Waals surface area contributed by atoms with Crippen LogP contribution in [0.4, 0.5) is 5.82 Å². The van der Waals surface area contributed by atoms with E-state index in [9.17, 15) is 4.79 Å². The highest BCUT2D eigenvalue weighted by Gasteiger charge is 2.18. The van der Waals surface area contributed by atoms with Gasteiger partial charge in [-0.1, -0.05) is 12.2 Å². The van der Waals surface area contributed by atoms with Gasteiger partial charge >= 0.3 is 0 Å². The van der Waals surface area contributed by atoms with Crippen LogP contribution >= 0.6 is 11.8 Å². The van der Waals surface area contributed by atoms with Gasteiger partial charge in [0.1, 0.15) is 5.82 Å². The zero-order valence-corrected chi connectivity index (χ0v) is 12.2. The van der Waals surface area contributed by atoms with E-state index >= 15 is 0 Å². The quantitative estimate of drug-likeness (QED) is 0.625. The second-order valence-electron chi connectivity index (χ2n) is 4.80. The molecule has 0 spiro atoms. The third-order valence-electron chi connectivity index (χ3n) is 3.22. The molecule has 5 heteroatoms. The summed E-state index contributed by atoms with van der Waals surface area (Å²) in [5.41, 5.74) is 1.11. The summed E-state index contributed by atoms with van der Waals surface area (Å²) in [6, 6.07) is 3.84. The Balaban J connectivity index is 1.90. The first-order valence-electron chi connectivity index (χ1n) is 6.89. The molecule has 1 atom stereocenters. The Morgan fingerprint density at radius 2 is 2.40 bits per heavy atom. The molecule has 2 N–H and O–H groups in total. The topological polar surface area (TPSA) is 62.2 Å². The molecular weight excluding hydrogens is 272 g/mol. The van der Waals surface area contributed by atoms with Crippen molar-refractivity contribution in [2.75, 3.05) is 17.7 Å². The van der Waals surface area contributed by atoms with Crippen LogP contribution in [0, 0.1) is 5.92 Å². The highest BCUT2D eigenvalue weighted by Crippen LogP contribution is 2.20. The largest absolute Gasteiger partial charge is 0.396 e. The molecule has 108 valence electrons. The van der Waals surface area contributed by atoms with Crippen LogP contribution in [-0.2, 0) is 10.5 Å². The third kappa shape index (κ3) is 4.65.